The maximum atomic E-state index is 11.2. The Morgan fingerprint density at radius 1 is 1.60 bits per heavy atom. The minimum Gasteiger partial charge on any atom is -0.399 e. The zero-order chi connectivity index (χ0) is 10.8. The third-order valence-electron chi connectivity index (χ3n) is 2.78. The molecule has 0 spiro atoms. The second-order valence-electron chi connectivity index (χ2n) is 3.90. The van der Waals surface area contributed by atoms with Crippen molar-refractivity contribution in [2.24, 2.45) is 0 Å². The first-order valence-electron chi connectivity index (χ1n) is 5.02. The van der Waals surface area contributed by atoms with Crippen LogP contribution in [0.5, 0.6) is 0 Å². The summed E-state index contributed by atoms with van der Waals surface area (Å²) in [5, 5.41) is 2.81. The smallest absolute Gasteiger partial charge is 0.317 e. The number of nitrogens with zero attached hydrogens (tertiary/aromatic N) is 1. The van der Waals surface area contributed by atoms with Crippen LogP contribution in [0.2, 0.25) is 0 Å². The normalized spacial score (nSPS) is 20.5. The molecule has 1 aromatic rings. The van der Waals surface area contributed by atoms with Crippen molar-refractivity contribution in [2.45, 2.75) is 12.5 Å². The molecule has 1 aliphatic heterocycles. The fraction of sp³-hybridized carbons (Fsp3) is 0.364. The monoisotopic (exact) mass is 205 g/mol. The Morgan fingerprint density at radius 2 is 2.40 bits per heavy atom. The molecular formula is C11H15N3O. The van der Waals surface area contributed by atoms with E-state index in [0.717, 1.165) is 12.1 Å². The summed E-state index contributed by atoms with van der Waals surface area (Å²) in [4.78, 5) is 13.0. The van der Waals surface area contributed by atoms with Gasteiger partial charge in [-0.15, -0.1) is 0 Å². The van der Waals surface area contributed by atoms with Gasteiger partial charge in [0.05, 0.1) is 6.04 Å². The molecule has 0 saturated carbocycles. The van der Waals surface area contributed by atoms with E-state index < -0.39 is 0 Å². The number of benzene rings is 1. The van der Waals surface area contributed by atoms with Crippen molar-refractivity contribution >= 4 is 11.7 Å². The SMILES string of the molecule is CN1C(=O)NCC1Cc1cccc(N)c1. The lowest BCUT2D eigenvalue weighted by Gasteiger charge is -2.17. The standard InChI is InChI=1S/C11H15N3O/c1-14-10(7-13-11(14)15)6-8-3-2-4-9(12)5-8/h2-5,10H,6-7,12H2,1H3,(H,13,15). The Labute approximate surface area is 89.1 Å². The van der Waals surface area contributed by atoms with Crippen LogP contribution in [0.1, 0.15) is 5.56 Å². The van der Waals surface area contributed by atoms with Gasteiger partial charge in [0.1, 0.15) is 0 Å². The molecular weight excluding hydrogens is 190 g/mol. The van der Waals surface area contributed by atoms with Crippen molar-refractivity contribution in [1.82, 2.24) is 10.2 Å². The number of nitrogens with two attached hydrogens (primary N) is 1. The highest BCUT2D eigenvalue weighted by Crippen LogP contribution is 2.13. The molecule has 4 heteroatoms. The number of hydrogen-bond donors (Lipinski definition) is 2. The van der Waals surface area contributed by atoms with E-state index in [0.29, 0.717) is 6.54 Å². The van der Waals surface area contributed by atoms with Gasteiger partial charge < -0.3 is 16.0 Å². The molecule has 4 nitrogen and oxygen atoms in total. The first-order valence-corrected chi connectivity index (χ1v) is 5.02. The predicted octanol–water partition coefficient (Wildman–Crippen LogP) is 0.835. The predicted molar refractivity (Wildman–Crippen MR) is 59.5 cm³/mol. The Hall–Kier alpha value is -1.71. The zero-order valence-corrected chi connectivity index (χ0v) is 8.73. The number of nitrogens with one attached hydrogen (secondary N) is 1. The van der Waals surface area contributed by atoms with E-state index >= 15 is 0 Å². The summed E-state index contributed by atoms with van der Waals surface area (Å²) in [6.07, 6.45) is 0.847. The second kappa shape index (κ2) is 3.81. The topological polar surface area (TPSA) is 58.4 Å². The lowest BCUT2D eigenvalue weighted by atomic mass is 10.1. The number of amides is 2. The average molecular weight is 205 g/mol. The van der Waals surface area contributed by atoms with Crippen molar-refractivity contribution in [3.63, 3.8) is 0 Å². The summed E-state index contributed by atoms with van der Waals surface area (Å²) >= 11 is 0. The Bertz CT molecular complexity index is 378. The van der Waals surface area contributed by atoms with Gasteiger partial charge in [0.15, 0.2) is 0 Å². The number of hydrogen-bond acceptors (Lipinski definition) is 2. The summed E-state index contributed by atoms with van der Waals surface area (Å²) in [7, 11) is 1.82. The minimum absolute atomic E-state index is 0.00361. The van der Waals surface area contributed by atoms with Crippen LogP contribution in [0.3, 0.4) is 0 Å². The average Bonchev–Trinajstić information content (AvgIpc) is 2.50. The summed E-state index contributed by atoms with van der Waals surface area (Å²) in [5.41, 5.74) is 7.64. The van der Waals surface area contributed by atoms with E-state index in [1.165, 1.54) is 5.56 Å². The fourth-order valence-electron chi connectivity index (χ4n) is 1.83. The number of urea groups is 1. The van der Waals surface area contributed by atoms with Gasteiger partial charge in [-0.3, -0.25) is 0 Å². The van der Waals surface area contributed by atoms with Crippen LogP contribution in [0.25, 0.3) is 0 Å². The molecule has 1 unspecified atom stereocenters. The van der Waals surface area contributed by atoms with Gasteiger partial charge in [-0.25, -0.2) is 4.79 Å². The summed E-state index contributed by atoms with van der Waals surface area (Å²) < 4.78 is 0. The van der Waals surface area contributed by atoms with Crippen LogP contribution in [-0.4, -0.2) is 30.6 Å². The number of nitrogen functional groups attached to an aromatic ring is 1. The van der Waals surface area contributed by atoms with Crippen LogP contribution < -0.4 is 11.1 Å². The third-order valence-corrected chi connectivity index (χ3v) is 2.78. The van der Waals surface area contributed by atoms with Gasteiger partial charge in [-0.1, -0.05) is 12.1 Å². The summed E-state index contributed by atoms with van der Waals surface area (Å²) in [5.74, 6) is 0. The number of anilines is 1. The molecule has 15 heavy (non-hydrogen) atoms. The largest absolute Gasteiger partial charge is 0.399 e. The Balaban J connectivity index is 2.06. The van der Waals surface area contributed by atoms with Crippen molar-refractivity contribution in [1.29, 1.82) is 0 Å². The van der Waals surface area contributed by atoms with E-state index in [-0.39, 0.29) is 12.1 Å². The molecule has 2 rings (SSSR count). The van der Waals surface area contributed by atoms with Gasteiger partial charge in [0.25, 0.3) is 0 Å². The lowest BCUT2D eigenvalue weighted by molar-refractivity contribution is 0.216. The summed E-state index contributed by atoms with van der Waals surface area (Å²) in [6, 6.07) is 8.03. The highest BCUT2D eigenvalue weighted by molar-refractivity contribution is 5.76. The zero-order valence-electron chi connectivity index (χ0n) is 8.73. The highest BCUT2D eigenvalue weighted by Gasteiger charge is 2.26. The molecule has 1 aromatic carbocycles. The maximum Gasteiger partial charge on any atom is 0.317 e. The van der Waals surface area contributed by atoms with Gasteiger partial charge in [0, 0.05) is 19.3 Å². The van der Waals surface area contributed by atoms with E-state index in [4.69, 9.17) is 5.73 Å². The van der Waals surface area contributed by atoms with Gasteiger partial charge in [0.2, 0.25) is 0 Å². The lowest BCUT2D eigenvalue weighted by Crippen LogP contribution is -2.31. The molecule has 0 aromatic heterocycles. The van der Waals surface area contributed by atoms with Crippen LogP contribution in [0.15, 0.2) is 24.3 Å². The quantitative estimate of drug-likeness (QED) is 0.703. The first-order chi connectivity index (χ1) is 7.16. The van der Waals surface area contributed by atoms with Gasteiger partial charge >= 0.3 is 6.03 Å². The Kier molecular flexibility index (Phi) is 2.49. The second-order valence-corrected chi connectivity index (χ2v) is 3.90. The number of rotatable bonds is 2. The molecule has 1 aliphatic rings. The fourth-order valence-corrected chi connectivity index (χ4v) is 1.83. The molecule has 1 saturated heterocycles. The van der Waals surface area contributed by atoms with Crippen LogP contribution in [0, 0.1) is 0 Å². The first kappa shape index (κ1) is 9.83. The van der Waals surface area contributed by atoms with Crippen LogP contribution >= 0.6 is 0 Å². The van der Waals surface area contributed by atoms with Crippen molar-refractivity contribution in [3.05, 3.63) is 29.8 Å². The molecule has 80 valence electrons. The maximum absolute atomic E-state index is 11.2. The van der Waals surface area contributed by atoms with Gasteiger partial charge in [-0.2, -0.15) is 0 Å². The van der Waals surface area contributed by atoms with E-state index in [1.807, 2.05) is 31.3 Å². The number of carbonyl (C=O) groups excluding carboxylic acids is 1. The minimum atomic E-state index is 0.00361. The summed E-state index contributed by atoms with van der Waals surface area (Å²) in [6.45, 7) is 0.712. The van der Waals surface area contributed by atoms with Gasteiger partial charge in [-0.05, 0) is 24.1 Å². The molecule has 1 atom stereocenters. The highest BCUT2D eigenvalue weighted by atomic mass is 16.2. The molecule has 0 aliphatic carbocycles. The molecule has 1 fully saturated rings. The number of likely N-dealkylation sites (N-methyl/N-ethyl adjacent to an activating group) is 1. The molecule has 3 N–H and O–H groups in total. The molecule has 0 bridgehead atoms. The van der Waals surface area contributed by atoms with E-state index in [1.54, 1.807) is 4.90 Å². The van der Waals surface area contributed by atoms with E-state index in [9.17, 15) is 4.79 Å². The third kappa shape index (κ3) is 2.03. The van der Waals surface area contributed by atoms with Crippen molar-refractivity contribution in [3.8, 4) is 0 Å². The van der Waals surface area contributed by atoms with Crippen LogP contribution in [0.4, 0.5) is 10.5 Å². The van der Waals surface area contributed by atoms with E-state index in [2.05, 4.69) is 5.32 Å². The molecule has 2 amide bonds. The van der Waals surface area contributed by atoms with Crippen LogP contribution in [-0.2, 0) is 6.42 Å². The number of carbonyl (C=O) groups is 1. The molecule has 1 heterocycles. The van der Waals surface area contributed by atoms with Crippen molar-refractivity contribution < 1.29 is 4.79 Å². The van der Waals surface area contributed by atoms with Crippen molar-refractivity contribution in [2.75, 3.05) is 19.3 Å². The molecule has 0 radical (unpaired) electrons. The Morgan fingerprint density at radius 3 is 3.00 bits per heavy atom.